The summed E-state index contributed by atoms with van der Waals surface area (Å²) in [6.45, 7) is 1.88. The van der Waals surface area contributed by atoms with Crippen molar-refractivity contribution >= 4 is 29.3 Å². The molecule has 1 rings (SSSR count). The van der Waals surface area contributed by atoms with Crippen LogP contribution in [0, 0.1) is 10.1 Å². The highest BCUT2D eigenvalue weighted by Gasteiger charge is 2.16. The zero-order valence-corrected chi connectivity index (χ0v) is 11.6. The van der Waals surface area contributed by atoms with Crippen molar-refractivity contribution in [2.75, 3.05) is 12.3 Å². The molecule has 0 unspecified atom stereocenters. The Morgan fingerprint density at radius 3 is 2.70 bits per heavy atom. The molecule has 0 aromatic heterocycles. The average Bonchev–Trinajstić information content (AvgIpc) is 2.38. The van der Waals surface area contributed by atoms with E-state index in [1.165, 1.54) is 30.0 Å². The van der Waals surface area contributed by atoms with Gasteiger partial charge in [-0.1, -0.05) is 6.92 Å². The van der Waals surface area contributed by atoms with Gasteiger partial charge in [-0.25, -0.2) is 0 Å². The molecule has 0 spiro atoms. The van der Waals surface area contributed by atoms with Crippen LogP contribution in [-0.4, -0.2) is 34.2 Å². The van der Waals surface area contributed by atoms with E-state index >= 15 is 0 Å². The van der Waals surface area contributed by atoms with Crippen molar-refractivity contribution in [1.29, 1.82) is 0 Å². The van der Waals surface area contributed by atoms with Crippen LogP contribution >= 0.6 is 11.8 Å². The summed E-state index contributed by atoms with van der Waals surface area (Å²) in [5, 5.41) is 21.7. The number of nitrogens with zero attached hydrogens (tertiary/aromatic N) is 1. The van der Waals surface area contributed by atoms with E-state index in [-0.39, 0.29) is 24.2 Å². The molecular formula is C12H14N2O5S. The van der Waals surface area contributed by atoms with Crippen molar-refractivity contribution in [1.82, 2.24) is 5.32 Å². The van der Waals surface area contributed by atoms with E-state index in [0.29, 0.717) is 10.6 Å². The van der Waals surface area contributed by atoms with E-state index in [9.17, 15) is 19.7 Å². The molecule has 1 aromatic rings. The van der Waals surface area contributed by atoms with Gasteiger partial charge < -0.3 is 10.4 Å². The molecule has 108 valence electrons. The number of nitro benzene ring substituents is 1. The Bertz CT molecular complexity index is 533. The molecule has 8 heteroatoms. The Hall–Kier alpha value is -2.09. The van der Waals surface area contributed by atoms with Crippen molar-refractivity contribution in [3.63, 3.8) is 0 Å². The average molecular weight is 298 g/mol. The van der Waals surface area contributed by atoms with Crippen molar-refractivity contribution in [2.24, 2.45) is 0 Å². The van der Waals surface area contributed by atoms with Gasteiger partial charge >= 0.3 is 5.97 Å². The van der Waals surface area contributed by atoms with E-state index < -0.39 is 16.8 Å². The van der Waals surface area contributed by atoms with Gasteiger partial charge in [0, 0.05) is 23.6 Å². The van der Waals surface area contributed by atoms with Crippen LogP contribution in [0.5, 0.6) is 0 Å². The second kappa shape index (κ2) is 7.49. The number of carbonyl (C=O) groups excluding carboxylic acids is 1. The molecule has 0 atom stereocenters. The van der Waals surface area contributed by atoms with Crippen molar-refractivity contribution in [3.05, 3.63) is 33.9 Å². The zero-order chi connectivity index (χ0) is 15.1. The number of carbonyl (C=O) groups is 2. The Balaban J connectivity index is 2.93. The monoisotopic (exact) mass is 298 g/mol. The number of carboxylic acid groups (broad SMARTS) is 1. The van der Waals surface area contributed by atoms with Crippen molar-refractivity contribution < 1.29 is 19.6 Å². The molecule has 7 nitrogen and oxygen atoms in total. The fourth-order valence-electron chi connectivity index (χ4n) is 1.47. The van der Waals surface area contributed by atoms with E-state index in [0.717, 1.165) is 0 Å². The number of thioether (sulfide) groups is 1. The fourth-order valence-corrected chi connectivity index (χ4v) is 2.25. The first kappa shape index (κ1) is 16.0. The number of carboxylic acids is 1. The molecule has 0 radical (unpaired) electrons. The lowest BCUT2D eigenvalue weighted by atomic mass is 10.2. The molecule has 2 N–H and O–H groups in total. The number of hydrogen-bond donors (Lipinski definition) is 2. The maximum atomic E-state index is 12.0. The van der Waals surface area contributed by atoms with Gasteiger partial charge in [0.05, 0.1) is 16.9 Å². The van der Waals surface area contributed by atoms with E-state index in [1.807, 2.05) is 6.92 Å². The Labute approximate surface area is 119 Å². The predicted molar refractivity (Wildman–Crippen MR) is 74.1 cm³/mol. The number of hydrogen-bond acceptors (Lipinski definition) is 5. The van der Waals surface area contributed by atoms with Crippen LogP contribution in [0.1, 0.15) is 23.7 Å². The molecule has 0 aliphatic rings. The highest BCUT2D eigenvalue weighted by atomic mass is 32.2. The van der Waals surface area contributed by atoms with Gasteiger partial charge in [0.2, 0.25) is 0 Å². The predicted octanol–water partition coefficient (Wildman–Crippen LogP) is 1.91. The Kier molecular flexibility index (Phi) is 5.98. The minimum atomic E-state index is -1.02. The third-order valence-corrected chi connectivity index (χ3v) is 3.30. The van der Waals surface area contributed by atoms with Crippen molar-refractivity contribution in [2.45, 2.75) is 18.2 Å². The fraction of sp³-hybridized carbons (Fsp3) is 0.333. The number of aliphatic carboxylic acids is 1. The SMILES string of the molecule is CCSc1ccc([N+](=O)[O-])cc1C(=O)NCCC(=O)O. The Morgan fingerprint density at radius 1 is 1.45 bits per heavy atom. The lowest BCUT2D eigenvalue weighted by Gasteiger charge is -2.08. The molecule has 0 aliphatic carbocycles. The summed E-state index contributed by atoms with van der Waals surface area (Å²) in [6.07, 6.45) is -0.197. The van der Waals surface area contributed by atoms with Crippen LogP contribution in [0.4, 0.5) is 5.69 Å². The third-order valence-electron chi connectivity index (χ3n) is 2.34. The van der Waals surface area contributed by atoms with Gasteiger partial charge in [-0.15, -0.1) is 11.8 Å². The van der Waals surface area contributed by atoms with E-state index in [1.54, 1.807) is 0 Å². The number of non-ortho nitro benzene ring substituents is 1. The summed E-state index contributed by atoms with van der Waals surface area (Å²) in [4.78, 5) is 33.1. The Morgan fingerprint density at radius 2 is 2.15 bits per heavy atom. The molecule has 1 aromatic carbocycles. The minimum absolute atomic E-state index is 0.0207. The van der Waals surface area contributed by atoms with Gasteiger partial charge in [-0.3, -0.25) is 19.7 Å². The van der Waals surface area contributed by atoms with Gasteiger partial charge in [0.25, 0.3) is 11.6 Å². The summed E-state index contributed by atoms with van der Waals surface area (Å²) in [5.74, 6) is -0.814. The number of rotatable bonds is 7. The third kappa shape index (κ3) is 4.54. The number of nitro groups is 1. The first-order valence-corrected chi connectivity index (χ1v) is 6.85. The first-order chi connectivity index (χ1) is 9.45. The van der Waals surface area contributed by atoms with Crippen LogP contribution in [-0.2, 0) is 4.79 Å². The molecular weight excluding hydrogens is 284 g/mol. The maximum Gasteiger partial charge on any atom is 0.305 e. The van der Waals surface area contributed by atoms with Gasteiger partial charge in [-0.2, -0.15) is 0 Å². The topological polar surface area (TPSA) is 110 Å². The summed E-state index contributed by atoms with van der Waals surface area (Å²) in [6, 6.07) is 4.07. The van der Waals surface area contributed by atoms with Crippen LogP contribution in [0.15, 0.2) is 23.1 Å². The molecule has 20 heavy (non-hydrogen) atoms. The second-order valence-electron chi connectivity index (χ2n) is 3.77. The van der Waals surface area contributed by atoms with Crippen molar-refractivity contribution in [3.8, 4) is 0 Å². The van der Waals surface area contributed by atoms with Gasteiger partial charge in [-0.05, 0) is 11.8 Å². The summed E-state index contributed by atoms with van der Waals surface area (Å²) >= 11 is 1.39. The summed E-state index contributed by atoms with van der Waals surface area (Å²) in [7, 11) is 0. The normalized spacial score (nSPS) is 10.1. The summed E-state index contributed by atoms with van der Waals surface area (Å²) < 4.78 is 0. The smallest absolute Gasteiger partial charge is 0.305 e. The number of nitrogens with one attached hydrogen (secondary N) is 1. The zero-order valence-electron chi connectivity index (χ0n) is 10.8. The second-order valence-corrected chi connectivity index (χ2v) is 5.08. The van der Waals surface area contributed by atoms with Crippen LogP contribution in [0.3, 0.4) is 0 Å². The van der Waals surface area contributed by atoms with Gasteiger partial charge in [0.1, 0.15) is 0 Å². The molecule has 0 saturated carbocycles. The highest BCUT2D eigenvalue weighted by molar-refractivity contribution is 7.99. The van der Waals surface area contributed by atoms with Crippen LogP contribution < -0.4 is 5.32 Å². The molecule has 0 saturated heterocycles. The lowest BCUT2D eigenvalue weighted by molar-refractivity contribution is -0.384. The summed E-state index contributed by atoms with van der Waals surface area (Å²) in [5.41, 5.74) is 0.0188. The first-order valence-electron chi connectivity index (χ1n) is 5.87. The largest absolute Gasteiger partial charge is 0.481 e. The number of benzene rings is 1. The maximum absolute atomic E-state index is 12.0. The van der Waals surface area contributed by atoms with Crippen LogP contribution in [0.25, 0.3) is 0 Å². The minimum Gasteiger partial charge on any atom is -0.481 e. The molecule has 0 aliphatic heterocycles. The lowest BCUT2D eigenvalue weighted by Crippen LogP contribution is -2.26. The molecule has 0 heterocycles. The van der Waals surface area contributed by atoms with E-state index in [2.05, 4.69) is 5.32 Å². The van der Waals surface area contributed by atoms with E-state index in [4.69, 9.17) is 5.11 Å². The highest BCUT2D eigenvalue weighted by Crippen LogP contribution is 2.26. The quantitative estimate of drug-likeness (QED) is 0.452. The molecule has 0 bridgehead atoms. The van der Waals surface area contributed by atoms with Crippen LogP contribution in [0.2, 0.25) is 0 Å². The molecule has 1 amide bonds. The standard InChI is InChI=1S/C12H14N2O5S/c1-2-20-10-4-3-8(14(18)19)7-9(10)12(17)13-6-5-11(15)16/h3-4,7H,2,5-6H2,1H3,(H,13,17)(H,15,16). The van der Waals surface area contributed by atoms with Gasteiger partial charge in [0.15, 0.2) is 0 Å². The number of amides is 1. The molecule has 0 fully saturated rings.